The summed E-state index contributed by atoms with van der Waals surface area (Å²) in [5.41, 5.74) is 1.56. The number of carbonyl (C=O) groups excluding carboxylic acids is 1. The highest BCUT2D eigenvalue weighted by atomic mass is 16.5. The fourth-order valence-corrected chi connectivity index (χ4v) is 2.06. The molecule has 6 nitrogen and oxygen atoms in total. The molecule has 2 aromatic rings. The Labute approximate surface area is 114 Å². The molecule has 1 aliphatic rings. The molecule has 1 aliphatic heterocycles. The van der Waals surface area contributed by atoms with Gasteiger partial charge in [0, 0.05) is 0 Å². The highest BCUT2D eigenvalue weighted by Crippen LogP contribution is 2.33. The number of carbonyl (C=O) groups is 2. The summed E-state index contributed by atoms with van der Waals surface area (Å²) in [6, 6.07) is 8.32. The number of amides is 1. The van der Waals surface area contributed by atoms with Gasteiger partial charge in [-0.15, -0.1) is 0 Å². The Kier molecular flexibility index (Phi) is 2.90. The summed E-state index contributed by atoms with van der Waals surface area (Å²) in [4.78, 5) is 22.1. The number of carboxylic acids is 1. The van der Waals surface area contributed by atoms with Gasteiger partial charge in [-0.05, 0) is 23.8 Å². The van der Waals surface area contributed by atoms with E-state index in [-0.39, 0.29) is 18.3 Å². The predicted molar refractivity (Wildman–Crippen MR) is 68.8 cm³/mol. The largest absolute Gasteiger partial charge is 0.483 e. The first-order valence-electron chi connectivity index (χ1n) is 6.00. The Bertz CT molecular complexity index is 689. The lowest BCUT2D eigenvalue weighted by Gasteiger charge is -2.09. The number of ether oxygens (including phenoxy) is 1. The third-order valence-electron chi connectivity index (χ3n) is 2.97. The molecule has 20 heavy (non-hydrogen) atoms. The van der Waals surface area contributed by atoms with Crippen molar-refractivity contribution >= 4 is 17.6 Å². The van der Waals surface area contributed by atoms with Gasteiger partial charge >= 0.3 is 5.97 Å². The Hall–Kier alpha value is -2.76. The highest BCUT2D eigenvalue weighted by molar-refractivity contribution is 6.00. The molecule has 2 N–H and O–H groups in total. The molecule has 102 valence electrons. The summed E-state index contributed by atoms with van der Waals surface area (Å²) in [7, 11) is 0. The second-order valence-electron chi connectivity index (χ2n) is 4.38. The van der Waals surface area contributed by atoms with Crippen molar-refractivity contribution in [2.45, 2.75) is 13.0 Å². The van der Waals surface area contributed by atoms with E-state index in [0.29, 0.717) is 23.6 Å². The number of benzene rings is 1. The van der Waals surface area contributed by atoms with E-state index in [4.69, 9.17) is 14.3 Å². The van der Waals surface area contributed by atoms with Crippen LogP contribution in [0.4, 0.5) is 5.69 Å². The molecule has 0 atom stereocenters. The summed E-state index contributed by atoms with van der Waals surface area (Å²) in [5, 5.41) is 11.5. The summed E-state index contributed by atoms with van der Waals surface area (Å²) in [6.45, 7) is 0.0968. The molecule has 0 saturated heterocycles. The van der Waals surface area contributed by atoms with Crippen LogP contribution in [0.1, 0.15) is 21.9 Å². The number of carboxylic acid groups (broad SMARTS) is 1. The van der Waals surface area contributed by atoms with Crippen LogP contribution in [0.25, 0.3) is 0 Å². The van der Waals surface area contributed by atoms with Crippen LogP contribution in [0, 0.1) is 0 Å². The lowest BCUT2D eigenvalue weighted by Crippen LogP contribution is -2.05. The minimum atomic E-state index is -1.12. The molecule has 2 heterocycles. The van der Waals surface area contributed by atoms with Gasteiger partial charge in [-0.1, -0.05) is 12.1 Å². The molecule has 0 aliphatic carbocycles. The van der Waals surface area contributed by atoms with E-state index in [2.05, 4.69) is 5.32 Å². The maximum Gasteiger partial charge on any atom is 0.371 e. The Morgan fingerprint density at radius 1 is 1.35 bits per heavy atom. The molecule has 1 aromatic heterocycles. The minimum absolute atomic E-state index is 0.0674. The van der Waals surface area contributed by atoms with E-state index in [1.165, 1.54) is 6.07 Å². The summed E-state index contributed by atoms with van der Waals surface area (Å²) in [5.74, 6) is -0.368. The van der Waals surface area contributed by atoms with Crippen molar-refractivity contribution in [1.29, 1.82) is 0 Å². The second-order valence-corrected chi connectivity index (χ2v) is 4.38. The van der Waals surface area contributed by atoms with Crippen LogP contribution in [0.5, 0.6) is 5.75 Å². The van der Waals surface area contributed by atoms with Crippen LogP contribution in [0.15, 0.2) is 34.7 Å². The molecule has 3 rings (SSSR count). The van der Waals surface area contributed by atoms with Gasteiger partial charge in [-0.25, -0.2) is 4.79 Å². The molecular weight excluding hydrogens is 262 g/mol. The van der Waals surface area contributed by atoms with Crippen LogP contribution in [-0.4, -0.2) is 17.0 Å². The van der Waals surface area contributed by atoms with Crippen molar-refractivity contribution in [3.05, 3.63) is 47.4 Å². The number of para-hydroxylation sites is 1. The van der Waals surface area contributed by atoms with Gasteiger partial charge in [0.2, 0.25) is 11.7 Å². The topological polar surface area (TPSA) is 88.8 Å². The second kappa shape index (κ2) is 4.73. The summed E-state index contributed by atoms with van der Waals surface area (Å²) in [6.07, 6.45) is 0.344. The van der Waals surface area contributed by atoms with Crippen LogP contribution >= 0.6 is 0 Å². The van der Waals surface area contributed by atoms with Crippen LogP contribution in [-0.2, 0) is 17.8 Å². The molecule has 0 fully saturated rings. The molecule has 0 saturated carbocycles. The van der Waals surface area contributed by atoms with Gasteiger partial charge in [-0.2, -0.15) is 0 Å². The number of fused-ring (bicyclic) bond motifs is 1. The summed E-state index contributed by atoms with van der Waals surface area (Å²) >= 11 is 0. The van der Waals surface area contributed by atoms with Crippen LogP contribution < -0.4 is 10.1 Å². The van der Waals surface area contributed by atoms with Gasteiger partial charge < -0.3 is 19.6 Å². The maximum absolute atomic E-state index is 11.4. The van der Waals surface area contributed by atoms with Gasteiger partial charge in [-0.3, -0.25) is 4.79 Å². The van der Waals surface area contributed by atoms with E-state index in [1.807, 2.05) is 6.07 Å². The highest BCUT2D eigenvalue weighted by Gasteiger charge is 2.21. The first-order valence-corrected chi connectivity index (χ1v) is 6.00. The molecule has 6 heteroatoms. The Morgan fingerprint density at radius 3 is 2.95 bits per heavy atom. The first kappa shape index (κ1) is 12.3. The number of anilines is 1. The fourth-order valence-electron chi connectivity index (χ4n) is 2.06. The number of rotatable bonds is 4. The van der Waals surface area contributed by atoms with Gasteiger partial charge in [0.05, 0.1) is 12.1 Å². The SMILES string of the molecule is O=C1Cc2cccc(OCc3ccc(C(=O)O)o3)c2N1. The first-order chi connectivity index (χ1) is 9.63. The zero-order valence-electron chi connectivity index (χ0n) is 10.4. The quantitative estimate of drug-likeness (QED) is 0.890. The Balaban J connectivity index is 1.74. The zero-order valence-corrected chi connectivity index (χ0v) is 10.4. The monoisotopic (exact) mass is 273 g/mol. The van der Waals surface area contributed by atoms with E-state index in [0.717, 1.165) is 5.56 Å². The Morgan fingerprint density at radius 2 is 2.20 bits per heavy atom. The van der Waals surface area contributed by atoms with Gasteiger partial charge in [0.1, 0.15) is 18.1 Å². The van der Waals surface area contributed by atoms with Crippen molar-refractivity contribution in [3.63, 3.8) is 0 Å². The third kappa shape index (κ3) is 2.23. The molecule has 0 unspecified atom stereocenters. The lowest BCUT2D eigenvalue weighted by molar-refractivity contribution is -0.115. The molecule has 0 spiro atoms. The van der Waals surface area contributed by atoms with Crippen LogP contribution in [0.2, 0.25) is 0 Å². The normalized spacial score (nSPS) is 12.9. The molecule has 1 aromatic carbocycles. The number of hydrogen-bond donors (Lipinski definition) is 2. The number of aromatic carboxylic acids is 1. The third-order valence-corrected chi connectivity index (χ3v) is 2.97. The lowest BCUT2D eigenvalue weighted by atomic mass is 10.1. The summed E-state index contributed by atoms with van der Waals surface area (Å²) < 4.78 is 10.7. The van der Waals surface area contributed by atoms with Gasteiger partial charge in [0.25, 0.3) is 0 Å². The van der Waals surface area contributed by atoms with Crippen molar-refractivity contribution in [2.24, 2.45) is 0 Å². The number of nitrogens with one attached hydrogen (secondary N) is 1. The van der Waals surface area contributed by atoms with E-state index < -0.39 is 5.97 Å². The predicted octanol–water partition coefficient (Wildman–Crippen LogP) is 2.05. The maximum atomic E-state index is 11.4. The molecule has 0 bridgehead atoms. The van der Waals surface area contributed by atoms with Crippen molar-refractivity contribution < 1.29 is 23.8 Å². The van der Waals surface area contributed by atoms with Crippen molar-refractivity contribution in [2.75, 3.05) is 5.32 Å². The molecule has 0 radical (unpaired) electrons. The van der Waals surface area contributed by atoms with E-state index in [1.54, 1.807) is 18.2 Å². The average molecular weight is 273 g/mol. The molecular formula is C14H11NO5. The van der Waals surface area contributed by atoms with E-state index >= 15 is 0 Å². The number of furan rings is 1. The standard InChI is InChI=1S/C14H11NO5/c16-12-6-8-2-1-3-10(13(8)15-12)19-7-9-4-5-11(20-9)14(17)18/h1-5H,6-7H2,(H,15,16)(H,17,18). The molecule has 1 amide bonds. The minimum Gasteiger partial charge on any atom is -0.483 e. The smallest absolute Gasteiger partial charge is 0.371 e. The van der Waals surface area contributed by atoms with E-state index in [9.17, 15) is 9.59 Å². The number of hydrogen-bond acceptors (Lipinski definition) is 4. The van der Waals surface area contributed by atoms with Gasteiger partial charge in [0.15, 0.2) is 0 Å². The fraction of sp³-hybridized carbons (Fsp3) is 0.143. The van der Waals surface area contributed by atoms with Crippen LogP contribution in [0.3, 0.4) is 0 Å². The van der Waals surface area contributed by atoms with Crippen molar-refractivity contribution in [1.82, 2.24) is 0 Å². The zero-order chi connectivity index (χ0) is 14.1. The average Bonchev–Trinajstić information content (AvgIpc) is 3.01. The van der Waals surface area contributed by atoms with Crippen molar-refractivity contribution in [3.8, 4) is 5.75 Å².